The summed E-state index contributed by atoms with van der Waals surface area (Å²) in [5.41, 5.74) is 1.75. The lowest BCUT2D eigenvalue weighted by Crippen LogP contribution is -2.07. The van der Waals surface area contributed by atoms with Gasteiger partial charge in [0.05, 0.1) is 5.92 Å². The van der Waals surface area contributed by atoms with Gasteiger partial charge in [0, 0.05) is 18.0 Å². The molecule has 0 aliphatic carbocycles. The first-order chi connectivity index (χ1) is 7.49. The van der Waals surface area contributed by atoms with E-state index in [1.807, 2.05) is 0 Å². The maximum atomic E-state index is 10.9. The highest BCUT2D eigenvalue weighted by molar-refractivity contribution is 6.32. The summed E-state index contributed by atoms with van der Waals surface area (Å²) >= 11 is 6.00. The number of nitrogens with zero attached hydrogens (tertiary/aromatic N) is 1. The fourth-order valence-corrected chi connectivity index (χ4v) is 1.86. The molecule has 0 spiro atoms. The van der Waals surface area contributed by atoms with E-state index in [2.05, 4.69) is 4.98 Å². The summed E-state index contributed by atoms with van der Waals surface area (Å²) in [7, 11) is 0. The first kappa shape index (κ1) is 11.0. The number of aromatic nitrogens is 1. The van der Waals surface area contributed by atoms with Crippen molar-refractivity contribution in [1.29, 1.82) is 0 Å². The van der Waals surface area contributed by atoms with Crippen LogP contribution >= 0.6 is 11.6 Å². The Morgan fingerprint density at radius 1 is 1.56 bits per heavy atom. The fourth-order valence-electron chi connectivity index (χ4n) is 1.55. The van der Waals surface area contributed by atoms with E-state index in [-0.39, 0.29) is 0 Å². The summed E-state index contributed by atoms with van der Waals surface area (Å²) < 4.78 is 5.30. The minimum atomic E-state index is -0.915. The summed E-state index contributed by atoms with van der Waals surface area (Å²) in [5, 5.41) is 9.32. The number of benzene rings is 1. The van der Waals surface area contributed by atoms with Gasteiger partial charge in [-0.15, -0.1) is 0 Å². The van der Waals surface area contributed by atoms with Crippen molar-refractivity contribution in [2.45, 2.75) is 19.8 Å². The van der Waals surface area contributed by atoms with Crippen molar-refractivity contribution >= 4 is 28.7 Å². The average Bonchev–Trinajstić information content (AvgIpc) is 2.54. The third-order valence-electron chi connectivity index (χ3n) is 2.45. The van der Waals surface area contributed by atoms with Crippen LogP contribution in [0.4, 0.5) is 0 Å². The molecule has 16 heavy (non-hydrogen) atoms. The largest absolute Gasteiger partial charge is 0.481 e. The van der Waals surface area contributed by atoms with Crippen molar-refractivity contribution < 1.29 is 14.3 Å². The Labute approximate surface area is 96.8 Å². The molecule has 4 nitrogen and oxygen atoms in total. The predicted octanol–water partition coefficient (Wildman–Crippen LogP) is 2.98. The average molecular weight is 240 g/mol. The number of carboxylic acid groups (broad SMARTS) is 1. The molecule has 2 rings (SSSR count). The number of aliphatic carboxylic acids is 1. The van der Waals surface area contributed by atoms with E-state index in [9.17, 15) is 4.79 Å². The Morgan fingerprint density at radius 2 is 2.25 bits per heavy atom. The summed E-state index contributed by atoms with van der Waals surface area (Å²) in [5.74, 6) is -1.04. The van der Waals surface area contributed by atoms with Crippen LogP contribution in [0, 0.1) is 6.92 Å². The molecule has 0 saturated carbocycles. The Bertz CT molecular complexity index is 562. The van der Waals surface area contributed by atoms with Crippen LogP contribution in [-0.2, 0) is 4.79 Å². The third kappa shape index (κ3) is 1.76. The molecule has 1 unspecified atom stereocenters. The molecule has 0 amide bonds. The number of hydrogen-bond donors (Lipinski definition) is 1. The Morgan fingerprint density at radius 3 is 2.88 bits per heavy atom. The van der Waals surface area contributed by atoms with Crippen molar-refractivity contribution in [1.82, 2.24) is 4.98 Å². The molecule has 0 radical (unpaired) electrons. The summed E-state index contributed by atoms with van der Waals surface area (Å²) in [4.78, 5) is 15.0. The minimum absolute atomic E-state index is 0.388. The second-order valence-corrected chi connectivity index (χ2v) is 4.04. The van der Waals surface area contributed by atoms with E-state index < -0.39 is 11.9 Å². The monoisotopic (exact) mass is 239 g/mol. The van der Waals surface area contributed by atoms with Crippen molar-refractivity contribution in [3.05, 3.63) is 28.6 Å². The zero-order valence-corrected chi connectivity index (χ0v) is 9.58. The minimum Gasteiger partial charge on any atom is -0.481 e. The SMILES string of the molecule is Cc1nc2cc(C(C)C(=O)O)c(Cl)cc2o1. The number of carboxylic acids is 1. The van der Waals surface area contributed by atoms with Crippen LogP contribution in [0.2, 0.25) is 5.02 Å². The van der Waals surface area contributed by atoms with Gasteiger partial charge in [-0.05, 0) is 18.6 Å². The van der Waals surface area contributed by atoms with Gasteiger partial charge in [-0.3, -0.25) is 4.79 Å². The maximum Gasteiger partial charge on any atom is 0.310 e. The predicted molar refractivity (Wildman–Crippen MR) is 59.8 cm³/mol. The lowest BCUT2D eigenvalue weighted by molar-refractivity contribution is -0.138. The summed E-state index contributed by atoms with van der Waals surface area (Å²) in [6, 6.07) is 3.26. The normalized spacial score (nSPS) is 12.9. The fraction of sp³-hybridized carbons (Fsp3) is 0.273. The molecule has 0 aliphatic rings. The Hall–Kier alpha value is -1.55. The van der Waals surface area contributed by atoms with Crippen LogP contribution in [0.5, 0.6) is 0 Å². The zero-order valence-electron chi connectivity index (χ0n) is 8.82. The number of carbonyl (C=O) groups is 1. The van der Waals surface area contributed by atoms with Gasteiger partial charge >= 0.3 is 5.97 Å². The van der Waals surface area contributed by atoms with E-state index >= 15 is 0 Å². The van der Waals surface area contributed by atoms with E-state index in [1.165, 1.54) is 0 Å². The van der Waals surface area contributed by atoms with Gasteiger partial charge in [-0.1, -0.05) is 11.6 Å². The number of hydrogen-bond acceptors (Lipinski definition) is 3. The lowest BCUT2D eigenvalue weighted by Gasteiger charge is -2.07. The first-order valence-corrected chi connectivity index (χ1v) is 5.16. The highest BCUT2D eigenvalue weighted by Crippen LogP contribution is 2.29. The van der Waals surface area contributed by atoms with Crippen LogP contribution in [0.15, 0.2) is 16.5 Å². The van der Waals surface area contributed by atoms with Crippen molar-refractivity contribution in [2.75, 3.05) is 0 Å². The Balaban J connectivity index is 2.61. The molecule has 84 valence electrons. The standard InChI is InChI=1S/C11H10ClNO3/c1-5(11(14)15)7-3-9-10(4-8(7)12)16-6(2)13-9/h3-5H,1-2H3,(H,14,15). The number of fused-ring (bicyclic) bond motifs is 1. The van der Waals surface area contributed by atoms with Gasteiger partial charge in [0.1, 0.15) is 5.52 Å². The van der Waals surface area contributed by atoms with Crippen molar-refractivity contribution in [3.8, 4) is 0 Å². The highest BCUT2D eigenvalue weighted by atomic mass is 35.5. The van der Waals surface area contributed by atoms with Gasteiger partial charge in [-0.25, -0.2) is 4.98 Å². The van der Waals surface area contributed by atoms with Crippen LogP contribution < -0.4 is 0 Å². The van der Waals surface area contributed by atoms with E-state index in [4.69, 9.17) is 21.1 Å². The van der Waals surface area contributed by atoms with Crippen molar-refractivity contribution in [3.63, 3.8) is 0 Å². The molecule has 5 heteroatoms. The van der Waals surface area contributed by atoms with Crippen molar-refractivity contribution in [2.24, 2.45) is 0 Å². The lowest BCUT2D eigenvalue weighted by atomic mass is 10.0. The van der Waals surface area contributed by atoms with Crippen LogP contribution in [0.3, 0.4) is 0 Å². The number of aryl methyl sites for hydroxylation is 1. The molecule has 1 atom stereocenters. The van der Waals surface area contributed by atoms with E-state index in [1.54, 1.807) is 26.0 Å². The van der Waals surface area contributed by atoms with E-state index in [0.717, 1.165) is 0 Å². The first-order valence-electron chi connectivity index (χ1n) is 4.78. The molecule has 2 aromatic rings. The zero-order chi connectivity index (χ0) is 11.9. The molecule has 0 saturated heterocycles. The summed E-state index contributed by atoms with van der Waals surface area (Å²) in [6.45, 7) is 3.32. The number of rotatable bonds is 2. The molecule has 1 aromatic heterocycles. The second kappa shape index (κ2) is 3.79. The quantitative estimate of drug-likeness (QED) is 0.875. The van der Waals surface area contributed by atoms with Gasteiger partial charge in [-0.2, -0.15) is 0 Å². The highest BCUT2D eigenvalue weighted by Gasteiger charge is 2.18. The van der Waals surface area contributed by atoms with Crippen LogP contribution in [-0.4, -0.2) is 16.1 Å². The number of halogens is 1. The molecule has 1 N–H and O–H groups in total. The van der Waals surface area contributed by atoms with Gasteiger partial charge in [0.15, 0.2) is 11.5 Å². The molecule has 1 heterocycles. The summed E-state index contributed by atoms with van der Waals surface area (Å²) in [6.07, 6.45) is 0. The van der Waals surface area contributed by atoms with Crippen LogP contribution in [0.25, 0.3) is 11.1 Å². The molecule has 0 bridgehead atoms. The van der Waals surface area contributed by atoms with E-state index in [0.29, 0.717) is 27.6 Å². The molecular formula is C11H10ClNO3. The molecule has 1 aromatic carbocycles. The molecule has 0 aliphatic heterocycles. The molecular weight excluding hydrogens is 230 g/mol. The Kier molecular flexibility index (Phi) is 2.59. The number of oxazole rings is 1. The van der Waals surface area contributed by atoms with Gasteiger partial charge in [0.2, 0.25) is 0 Å². The maximum absolute atomic E-state index is 10.9. The third-order valence-corrected chi connectivity index (χ3v) is 2.78. The van der Waals surface area contributed by atoms with Gasteiger partial charge < -0.3 is 9.52 Å². The van der Waals surface area contributed by atoms with Gasteiger partial charge in [0.25, 0.3) is 0 Å². The topological polar surface area (TPSA) is 63.3 Å². The molecule has 0 fully saturated rings. The van der Waals surface area contributed by atoms with Crippen LogP contribution in [0.1, 0.15) is 24.3 Å². The second-order valence-electron chi connectivity index (χ2n) is 3.63. The smallest absolute Gasteiger partial charge is 0.310 e.